The zero-order valence-electron chi connectivity index (χ0n) is 12.2. The third-order valence-electron chi connectivity index (χ3n) is 3.01. The number of halogens is 2. The standard InChI is InChI=1S/C16H15I2N3O/c1-10-3-5-12(6-4-10)16(22)21-20-9-11-7-13(17)15(19-2)14(18)8-11/h3-9,19H,1-2H3,(H,21,22)/b20-9-. The van der Waals surface area contributed by atoms with Crippen molar-refractivity contribution in [2.24, 2.45) is 5.10 Å². The number of hydrazone groups is 1. The summed E-state index contributed by atoms with van der Waals surface area (Å²) in [5, 5.41) is 7.19. The lowest BCUT2D eigenvalue weighted by Crippen LogP contribution is -2.17. The molecule has 0 fully saturated rings. The summed E-state index contributed by atoms with van der Waals surface area (Å²) >= 11 is 4.55. The van der Waals surface area contributed by atoms with E-state index in [1.807, 2.05) is 38.2 Å². The minimum Gasteiger partial charge on any atom is -0.386 e. The van der Waals surface area contributed by atoms with Crippen molar-refractivity contribution in [3.05, 3.63) is 60.2 Å². The first kappa shape index (κ1) is 17.2. The van der Waals surface area contributed by atoms with Crippen LogP contribution in [0.2, 0.25) is 0 Å². The molecule has 4 nitrogen and oxygen atoms in total. The Hall–Kier alpha value is -1.16. The number of aryl methyl sites for hydroxylation is 1. The molecular formula is C16H15I2N3O. The number of nitrogens with one attached hydrogen (secondary N) is 2. The molecule has 114 valence electrons. The molecule has 0 radical (unpaired) electrons. The van der Waals surface area contributed by atoms with Crippen LogP contribution in [0.3, 0.4) is 0 Å². The van der Waals surface area contributed by atoms with E-state index in [9.17, 15) is 4.79 Å². The summed E-state index contributed by atoms with van der Waals surface area (Å²) in [7, 11) is 1.90. The number of hydrogen-bond acceptors (Lipinski definition) is 3. The van der Waals surface area contributed by atoms with Crippen LogP contribution in [0.5, 0.6) is 0 Å². The molecule has 0 aromatic heterocycles. The molecule has 2 aromatic rings. The Labute approximate surface area is 157 Å². The van der Waals surface area contributed by atoms with Crippen LogP contribution in [0.4, 0.5) is 5.69 Å². The molecule has 2 N–H and O–H groups in total. The Bertz CT molecular complexity index is 689. The zero-order valence-corrected chi connectivity index (χ0v) is 16.5. The number of rotatable bonds is 4. The van der Waals surface area contributed by atoms with Gasteiger partial charge in [-0.3, -0.25) is 4.79 Å². The predicted molar refractivity (Wildman–Crippen MR) is 108 cm³/mol. The van der Waals surface area contributed by atoms with Crippen LogP contribution in [0.15, 0.2) is 41.5 Å². The van der Waals surface area contributed by atoms with Crippen molar-refractivity contribution in [3.63, 3.8) is 0 Å². The van der Waals surface area contributed by atoms with Gasteiger partial charge >= 0.3 is 0 Å². The Morgan fingerprint density at radius 3 is 2.27 bits per heavy atom. The average molecular weight is 519 g/mol. The van der Waals surface area contributed by atoms with Crippen LogP contribution >= 0.6 is 45.2 Å². The first-order valence-electron chi connectivity index (χ1n) is 6.58. The second kappa shape index (κ2) is 7.91. The minimum absolute atomic E-state index is 0.215. The summed E-state index contributed by atoms with van der Waals surface area (Å²) in [5.41, 5.74) is 6.30. The van der Waals surface area contributed by atoms with E-state index in [0.717, 1.165) is 24.0 Å². The van der Waals surface area contributed by atoms with Crippen molar-refractivity contribution in [3.8, 4) is 0 Å². The maximum absolute atomic E-state index is 11.9. The molecule has 0 unspecified atom stereocenters. The van der Waals surface area contributed by atoms with E-state index in [4.69, 9.17) is 0 Å². The Morgan fingerprint density at radius 1 is 1.14 bits per heavy atom. The molecule has 0 heterocycles. The monoisotopic (exact) mass is 519 g/mol. The lowest BCUT2D eigenvalue weighted by atomic mass is 10.1. The third-order valence-corrected chi connectivity index (χ3v) is 4.71. The highest BCUT2D eigenvalue weighted by Crippen LogP contribution is 2.25. The van der Waals surface area contributed by atoms with Crippen LogP contribution < -0.4 is 10.7 Å². The van der Waals surface area contributed by atoms with Crippen LogP contribution in [-0.2, 0) is 0 Å². The Balaban J connectivity index is 2.06. The third kappa shape index (κ3) is 4.42. The van der Waals surface area contributed by atoms with E-state index in [1.165, 1.54) is 0 Å². The Kier molecular flexibility index (Phi) is 6.18. The molecule has 0 atom stereocenters. The number of anilines is 1. The van der Waals surface area contributed by atoms with Crippen LogP contribution in [0.25, 0.3) is 0 Å². The molecule has 0 aliphatic rings. The molecule has 0 spiro atoms. The Morgan fingerprint density at radius 2 is 1.73 bits per heavy atom. The summed E-state index contributed by atoms with van der Waals surface area (Å²) in [4.78, 5) is 11.9. The van der Waals surface area contributed by atoms with Crippen LogP contribution in [0, 0.1) is 14.1 Å². The molecule has 0 aliphatic heterocycles. The summed E-state index contributed by atoms with van der Waals surface area (Å²) < 4.78 is 2.22. The van der Waals surface area contributed by atoms with Crippen molar-refractivity contribution >= 4 is 63.0 Å². The van der Waals surface area contributed by atoms with E-state index < -0.39 is 0 Å². The number of carbonyl (C=O) groups excluding carboxylic acids is 1. The van der Waals surface area contributed by atoms with Gasteiger partial charge in [-0.15, -0.1) is 0 Å². The fraction of sp³-hybridized carbons (Fsp3) is 0.125. The van der Waals surface area contributed by atoms with Gasteiger partial charge in [0.05, 0.1) is 11.9 Å². The molecule has 0 saturated heterocycles. The van der Waals surface area contributed by atoms with Gasteiger partial charge in [0.15, 0.2) is 0 Å². The maximum Gasteiger partial charge on any atom is 0.271 e. The number of nitrogens with zero attached hydrogens (tertiary/aromatic N) is 1. The van der Waals surface area contributed by atoms with E-state index >= 15 is 0 Å². The number of amides is 1. The van der Waals surface area contributed by atoms with Gasteiger partial charge in [-0.2, -0.15) is 5.10 Å². The minimum atomic E-state index is -0.215. The van der Waals surface area contributed by atoms with E-state index in [-0.39, 0.29) is 5.91 Å². The first-order chi connectivity index (χ1) is 10.5. The zero-order chi connectivity index (χ0) is 16.1. The molecule has 0 saturated carbocycles. The van der Waals surface area contributed by atoms with E-state index in [1.54, 1.807) is 18.3 Å². The number of hydrogen-bond donors (Lipinski definition) is 2. The van der Waals surface area contributed by atoms with E-state index in [0.29, 0.717) is 5.56 Å². The highest BCUT2D eigenvalue weighted by Gasteiger charge is 2.05. The maximum atomic E-state index is 11.9. The lowest BCUT2D eigenvalue weighted by molar-refractivity contribution is 0.0955. The van der Waals surface area contributed by atoms with E-state index in [2.05, 4.69) is 61.0 Å². The molecule has 2 aromatic carbocycles. The molecule has 22 heavy (non-hydrogen) atoms. The molecule has 2 rings (SSSR count). The predicted octanol–water partition coefficient (Wildman–Crippen LogP) is 4.01. The van der Waals surface area contributed by atoms with Crippen molar-refractivity contribution in [1.29, 1.82) is 0 Å². The number of carbonyl (C=O) groups is 1. The molecule has 0 bridgehead atoms. The molecule has 1 amide bonds. The number of benzene rings is 2. The topological polar surface area (TPSA) is 53.5 Å². The normalized spacial score (nSPS) is 10.7. The largest absolute Gasteiger partial charge is 0.386 e. The average Bonchev–Trinajstić information content (AvgIpc) is 2.47. The first-order valence-corrected chi connectivity index (χ1v) is 8.74. The molecule has 0 aliphatic carbocycles. The smallest absolute Gasteiger partial charge is 0.271 e. The van der Waals surface area contributed by atoms with Gasteiger partial charge in [0.2, 0.25) is 0 Å². The fourth-order valence-electron chi connectivity index (χ4n) is 1.84. The summed E-state index contributed by atoms with van der Waals surface area (Å²) in [5.74, 6) is -0.215. The lowest BCUT2D eigenvalue weighted by Gasteiger charge is -2.07. The molecule has 6 heteroatoms. The van der Waals surface area contributed by atoms with Crippen molar-refractivity contribution in [2.45, 2.75) is 6.92 Å². The van der Waals surface area contributed by atoms with Crippen molar-refractivity contribution < 1.29 is 4.79 Å². The van der Waals surface area contributed by atoms with Crippen molar-refractivity contribution in [2.75, 3.05) is 12.4 Å². The quantitative estimate of drug-likeness (QED) is 0.365. The van der Waals surface area contributed by atoms with Gasteiger partial charge in [0.25, 0.3) is 5.91 Å². The van der Waals surface area contributed by atoms with Crippen molar-refractivity contribution in [1.82, 2.24) is 5.43 Å². The van der Waals surface area contributed by atoms with Crippen LogP contribution in [-0.4, -0.2) is 19.2 Å². The van der Waals surface area contributed by atoms with Gasteiger partial charge in [-0.25, -0.2) is 5.43 Å². The molecular weight excluding hydrogens is 504 g/mol. The van der Waals surface area contributed by atoms with Crippen LogP contribution in [0.1, 0.15) is 21.5 Å². The van der Waals surface area contributed by atoms with Gasteiger partial charge < -0.3 is 5.32 Å². The van der Waals surface area contributed by atoms with Gasteiger partial charge in [-0.05, 0) is 81.9 Å². The summed E-state index contributed by atoms with van der Waals surface area (Å²) in [6.07, 6.45) is 1.65. The van der Waals surface area contributed by atoms with Gasteiger partial charge in [-0.1, -0.05) is 17.7 Å². The fourth-order valence-corrected chi connectivity index (χ4v) is 4.20. The van der Waals surface area contributed by atoms with Gasteiger partial charge in [0.1, 0.15) is 0 Å². The van der Waals surface area contributed by atoms with Gasteiger partial charge in [0, 0.05) is 19.8 Å². The highest BCUT2D eigenvalue weighted by atomic mass is 127. The summed E-state index contributed by atoms with van der Waals surface area (Å²) in [6.45, 7) is 1.98. The second-order valence-corrected chi connectivity index (χ2v) is 7.00. The summed E-state index contributed by atoms with van der Waals surface area (Å²) in [6, 6.07) is 11.4. The second-order valence-electron chi connectivity index (χ2n) is 4.67. The highest BCUT2D eigenvalue weighted by molar-refractivity contribution is 14.1. The SMILES string of the molecule is CNc1c(I)cc(/C=N\NC(=O)c2ccc(C)cc2)cc1I.